The molecule has 1 atom stereocenters. The molecule has 0 fully saturated rings. The van der Waals surface area contributed by atoms with Crippen LogP contribution in [0.1, 0.15) is 122 Å². The van der Waals surface area contributed by atoms with Crippen LogP contribution in [0.15, 0.2) is 30.3 Å². The van der Waals surface area contributed by atoms with Gasteiger partial charge in [-0.15, -0.1) is 0 Å². The van der Waals surface area contributed by atoms with E-state index in [9.17, 15) is 4.79 Å². The SMILES string of the molecule is CCCCCCCCCC(CCCCCCCCC)COC(=O)C(N)Cc1ccccc1. The number of hydrogen-bond acceptors (Lipinski definition) is 3. The Morgan fingerprint density at radius 2 is 1.22 bits per heavy atom. The van der Waals surface area contributed by atoms with Gasteiger partial charge in [0.15, 0.2) is 0 Å². The number of ether oxygens (including phenoxy) is 1. The quantitative estimate of drug-likeness (QED) is 0.154. The van der Waals surface area contributed by atoms with Crippen LogP contribution >= 0.6 is 0 Å². The Morgan fingerprint density at radius 3 is 1.72 bits per heavy atom. The minimum Gasteiger partial charge on any atom is -0.464 e. The van der Waals surface area contributed by atoms with Crippen molar-refractivity contribution in [3.05, 3.63) is 35.9 Å². The second-order valence-corrected chi connectivity index (χ2v) is 9.61. The first-order chi connectivity index (χ1) is 15.7. The molecule has 3 nitrogen and oxygen atoms in total. The molecule has 1 rings (SSSR count). The highest BCUT2D eigenvalue weighted by atomic mass is 16.5. The molecule has 0 aliphatic heterocycles. The zero-order valence-corrected chi connectivity index (χ0v) is 21.2. The maximum atomic E-state index is 12.5. The Labute approximate surface area is 198 Å². The third kappa shape index (κ3) is 15.5. The van der Waals surface area contributed by atoms with Crippen molar-refractivity contribution in [3.8, 4) is 0 Å². The summed E-state index contributed by atoms with van der Waals surface area (Å²) in [6.45, 7) is 5.07. The lowest BCUT2D eigenvalue weighted by molar-refractivity contribution is -0.146. The van der Waals surface area contributed by atoms with Gasteiger partial charge in [0, 0.05) is 0 Å². The van der Waals surface area contributed by atoms with Crippen LogP contribution in [-0.2, 0) is 16.0 Å². The van der Waals surface area contributed by atoms with Crippen LogP contribution in [0.5, 0.6) is 0 Å². The summed E-state index contributed by atoms with van der Waals surface area (Å²) in [5.74, 6) is 0.229. The van der Waals surface area contributed by atoms with Crippen molar-refractivity contribution in [2.24, 2.45) is 11.7 Å². The van der Waals surface area contributed by atoms with Gasteiger partial charge in [0.05, 0.1) is 6.61 Å². The lowest BCUT2D eigenvalue weighted by Crippen LogP contribution is -2.35. The predicted octanol–water partition coefficient (Wildman–Crippen LogP) is 8.00. The first-order valence-corrected chi connectivity index (χ1v) is 13.6. The molecule has 0 bridgehead atoms. The standard InChI is InChI=1S/C29H51NO2/c1-3-5-7-9-11-13-16-22-27(23-17-14-12-10-8-6-4-2)25-32-29(31)28(30)24-26-20-18-15-19-21-26/h15,18-21,27-28H,3-14,16-17,22-25,30H2,1-2H3. The van der Waals surface area contributed by atoms with Crippen LogP contribution in [0.2, 0.25) is 0 Å². The molecule has 1 unspecified atom stereocenters. The first kappa shape index (κ1) is 28.7. The number of esters is 1. The number of rotatable bonds is 21. The van der Waals surface area contributed by atoms with Crippen LogP contribution in [0, 0.1) is 5.92 Å². The second-order valence-electron chi connectivity index (χ2n) is 9.61. The van der Waals surface area contributed by atoms with Gasteiger partial charge in [-0.05, 0) is 30.7 Å². The lowest BCUT2D eigenvalue weighted by atomic mass is 9.94. The minimum atomic E-state index is -0.574. The van der Waals surface area contributed by atoms with Gasteiger partial charge in [-0.25, -0.2) is 0 Å². The molecular weight excluding hydrogens is 394 g/mol. The number of unbranched alkanes of at least 4 members (excludes halogenated alkanes) is 12. The van der Waals surface area contributed by atoms with E-state index < -0.39 is 6.04 Å². The molecule has 0 amide bonds. The Kier molecular flexibility index (Phi) is 18.2. The Balaban J connectivity index is 2.33. The molecule has 2 N–H and O–H groups in total. The van der Waals surface area contributed by atoms with E-state index in [1.54, 1.807) is 0 Å². The summed E-state index contributed by atoms with van der Waals surface area (Å²) in [6.07, 6.45) is 21.5. The Hall–Kier alpha value is -1.35. The van der Waals surface area contributed by atoms with Crippen molar-refractivity contribution in [2.45, 2.75) is 129 Å². The maximum absolute atomic E-state index is 12.5. The summed E-state index contributed by atoms with van der Waals surface area (Å²) in [6, 6.07) is 9.39. The molecule has 0 radical (unpaired) electrons. The highest BCUT2D eigenvalue weighted by Gasteiger charge is 2.18. The molecule has 184 valence electrons. The maximum Gasteiger partial charge on any atom is 0.323 e. The molecule has 0 aliphatic carbocycles. The summed E-state index contributed by atoms with van der Waals surface area (Å²) in [5, 5.41) is 0. The summed E-state index contributed by atoms with van der Waals surface area (Å²) in [7, 11) is 0. The summed E-state index contributed by atoms with van der Waals surface area (Å²) in [4.78, 5) is 12.5. The normalized spacial score (nSPS) is 12.2. The van der Waals surface area contributed by atoms with Crippen molar-refractivity contribution in [3.63, 3.8) is 0 Å². The van der Waals surface area contributed by atoms with Crippen molar-refractivity contribution in [1.82, 2.24) is 0 Å². The van der Waals surface area contributed by atoms with Crippen molar-refractivity contribution >= 4 is 5.97 Å². The first-order valence-electron chi connectivity index (χ1n) is 13.6. The van der Waals surface area contributed by atoms with Crippen LogP contribution in [-0.4, -0.2) is 18.6 Å². The minimum absolute atomic E-state index is 0.252. The molecule has 0 aromatic heterocycles. The van der Waals surface area contributed by atoms with Crippen LogP contribution in [0.4, 0.5) is 0 Å². The van der Waals surface area contributed by atoms with Gasteiger partial charge in [0.25, 0.3) is 0 Å². The van der Waals surface area contributed by atoms with E-state index in [2.05, 4.69) is 13.8 Å². The van der Waals surface area contributed by atoms with E-state index in [0.29, 0.717) is 18.9 Å². The summed E-state index contributed by atoms with van der Waals surface area (Å²) >= 11 is 0. The number of carbonyl (C=O) groups is 1. The smallest absolute Gasteiger partial charge is 0.323 e. The molecular formula is C29H51NO2. The van der Waals surface area contributed by atoms with E-state index >= 15 is 0 Å². The molecule has 0 aliphatic rings. The van der Waals surface area contributed by atoms with Crippen molar-refractivity contribution < 1.29 is 9.53 Å². The highest BCUT2D eigenvalue weighted by molar-refractivity contribution is 5.75. The van der Waals surface area contributed by atoms with Crippen molar-refractivity contribution in [2.75, 3.05) is 6.61 Å². The van der Waals surface area contributed by atoms with Gasteiger partial charge in [-0.1, -0.05) is 134 Å². The van der Waals surface area contributed by atoms with Crippen LogP contribution in [0.3, 0.4) is 0 Å². The molecule has 0 spiro atoms. The number of benzene rings is 1. The van der Waals surface area contributed by atoms with Crippen molar-refractivity contribution in [1.29, 1.82) is 0 Å². The van der Waals surface area contributed by atoms with Crippen LogP contribution < -0.4 is 5.73 Å². The van der Waals surface area contributed by atoms with Gasteiger partial charge < -0.3 is 10.5 Å². The van der Waals surface area contributed by atoms with Gasteiger partial charge in [-0.2, -0.15) is 0 Å². The molecule has 0 saturated carbocycles. The van der Waals surface area contributed by atoms with Gasteiger partial charge in [0.1, 0.15) is 6.04 Å². The Bertz CT molecular complexity index is 527. The average Bonchev–Trinajstić information content (AvgIpc) is 2.81. The number of carbonyl (C=O) groups excluding carboxylic acids is 1. The fraction of sp³-hybridized carbons (Fsp3) is 0.759. The molecule has 32 heavy (non-hydrogen) atoms. The third-order valence-corrected chi connectivity index (χ3v) is 6.49. The van der Waals surface area contributed by atoms with E-state index in [4.69, 9.17) is 10.5 Å². The van der Waals surface area contributed by atoms with Gasteiger partial charge >= 0.3 is 5.97 Å². The van der Waals surface area contributed by atoms with E-state index in [1.807, 2.05) is 30.3 Å². The monoisotopic (exact) mass is 445 g/mol. The predicted molar refractivity (Wildman–Crippen MR) is 138 cm³/mol. The van der Waals surface area contributed by atoms with Gasteiger partial charge in [0.2, 0.25) is 0 Å². The largest absolute Gasteiger partial charge is 0.464 e. The van der Waals surface area contributed by atoms with E-state index in [1.165, 1.54) is 103 Å². The second kappa shape index (κ2) is 20.3. The Morgan fingerprint density at radius 1 is 0.750 bits per heavy atom. The highest BCUT2D eigenvalue weighted by Crippen LogP contribution is 2.20. The summed E-state index contributed by atoms with van der Waals surface area (Å²) in [5.41, 5.74) is 7.20. The third-order valence-electron chi connectivity index (χ3n) is 6.49. The van der Waals surface area contributed by atoms with Crippen LogP contribution in [0.25, 0.3) is 0 Å². The average molecular weight is 446 g/mol. The fourth-order valence-corrected chi connectivity index (χ4v) is 4.35. The number of hydrogen-bond donors (Lipinski definition) is 1. The van der Waals surface area contributed by atoms with E-state index in [-0.39, 0.29) is 5.97 Å². The van der Waals surface area contributed by atoms with E-state index in [0.717, 1.165) is 5.56 Å². The topological polar surface area (TPSA) is 52.3 Å². The summed E-state index contributed by atoms with van der Waals surface area (Å²) < 4.78 is 5.69. The zero-order valence-electron chi connectivity index (χ0n) is 21.2. The van der Waals surface area contributed by atoms with Gasteiger partial charge in [-0.3, -0.25) is 4.79 Å². The molecule has 0 saturated heterocycles. The lowest BCUT2D eigenvalue weighted by Gasteiger charge is -2.19. The number of nitrogens with two attached hydrogens (primary N) is 1. The molecule has 3 heteroatoms. The molecule has 0 heterocycles. The molecule has 1 aromatic rings. The molecule has 1 aromatic carbocycles. The fourth-order valence-electron chi connectivity index (χ4n) is 4.35. The zero-order chi connectivity index (χ0) is 23.3.